The summed E-state index contributed by atoms with van der Waals surface area (Å²) in [5.41, 5.74) is 2.60. The van der Waals surface area contributed by atoms with Gasteiger partial charge in [0.05, 0.1) is 5.49 Å². The quantitative estimate of drug-likeness (QED) is 0.603. The summed E-state index contributed by atoms with van der Waals surface area (Å²) in [6.07, 6.45) is 3.69. The minimum atomic E-state index is -0.495. The van der Waals surface area contributed by atoms with E-state index >= 15 is 0 Å². The predicted octanol–water partition coefficient (Wildman–Crippen LogP) is 1.96. The number of aldehydes is 1. The normalized spacial score (nSPS) is 20.1. The number of carbonyl (C=O) groups excluding carboxylic acids is 2. The summed E-state index contributed by atoms with van der Waals surface area (Å²) in [6.45, 7) is 3.34. The van der Waals surface area contributed by atoms with Gasteiger partial charge in [0.25, 0.3) is 5.91 Å². The smallest absolute Gasteiger partial charge is 0.253 e. The van der Waals surface area contributed by atoms with E-state index in [9.17, 15) is 9.59 Å². The number of piperazine rings is 1. The summed E-state index contributed by atoms with van der Waals surface area (Å²) in [7, 11) is 2.07. The highest BCUT2D eigenvalue weighted by Gasteiger charge is 2.42. The summed E-state index contributed by atoms with van der Waals surface area (Å²) < 4.78 is 0. The van der Waals surface area contributed by atoms with Crippen LogP contribution in [-0.2, 0) is 4.79 Å². The van der Waals surface area contributed by atoms with Gasteiger partial charge in [0.15, 0.2) is 0 Å². The Morgan fingerprint density at radius 2 is 1.79 bits per heavy atom. The molecule has 1 saturated heterocycles. The topological polar surface area (TPSA) is 43.9 Å². The molecule has 1 saturated carbocycles. The number of amides is 1. The number of carbonyl (C=O) groups is 2. The van der Waals surface area contributed by atoms with Crippen molar-refractivity contribution >= 4 is 35.6 Å². The molecule has 0 radical (unpaired) electrons. The first-order valence-corrected chi connectivity index (χ1v) is 8.86. The predicted molar refractivity (Wildman–Crippen MR) is 98.6 cm³/mol. The van der Waals surface area contributed by atoms with Crippen molar-refractivity contribution in [2.24, 2.45) is 0 Å². The van der Waals surface area contributed by atoms with E-state index in [1.165, 1.54) is 0 Å². The van der Waals surface area contributed by atoms with Crippen molar-refractivity contribution in [3.63, 3.8) is 0 Å². The molecule has 1 heterocycles. The Balaban J connectivity index is 1.74. The van der Waals surface area contributed by atoms with Crippen LogP contribution in [0.3, 0.4) is 0 Å². The molecule has 2 fully saturated rings. The average Bonchev–Trinajstić information content (AvgIpc) is 2.58. The lowest BCUT2D eigenvalue weighted by atomic mass is 9.76. The zero-order valence-electron chi connectivity index (χ0n) is 14.0. The van der Waals surface area contributed by atoms with E-state index in [1.807, 2.05) is 34.1 Å². The van der Waals surface area contributed by atoms with Gasteiger partial charge in [-0.05, 0) is 50.6 Å². The third-order valence-electron chi connectivity index (χ3n) is 5.21. The molecular weight excluding hydrogens is 322 g/mol. The first-order valence-electron chi connectivity index (χ1n) is 8.38. The van der Waals surface area contributed by atoms with Crippen LogP contribution >= 0.6 is 12.2 Å². The fourth-order valence-electron chi connectivity index (χ4n) is 3.33. The summed E-state index contributed by atoms with van der Waals surface area (Å²) in [6, 6.07) is 7.43. The first-order chi connectivity index (χ1) is 11.6. The average molecular weight is 345 g/mol. The van der Waals surface area contributed by atoms with E-state index in [1.54, 1.807) is 5.49 Å². The van der Waals surface area contributed by atoms with E-state index in [2.05, 4.69) is 11.9 Å². The summed E-state index contributed by atoms with van der Waals surface area (Å²) in [5.74, 6) is 0.0669. The van der Waals surface area contributed by atoms with Crippen LogP contribution in [-0.4, -0.2) is 66.3 Å². The highest BCUT2D eigenvalue weighted by Crippen LogP contribution is 2.38. The number of hydrogen-bond donors (Lipinski definition) is 0. The molecule has 1 aromatic carbocycles. The zero-order valence-corrected chi connectivity index (χ0v) is 14.8. The maximum atomic E-state index is 12.6. The highest BCUT2D eigenvalue weighted by atomic mass is 32.1. The third-order valence-corrected chi connectivity index (χ3v) is 5.42. The van der Waals surface area contributed by atoms with Gasteiger partial charge in [0.1, 0.15) is 11.8 Å². The van der Waals surface area contributed by atoms with Gasteiger partial charge in [-0.2, -0.15) is 0 Å². The molecule has 0 bridgehead atoms. The SMILES string of the molecule is CN1CCN(C(=O)c2ccc(N(C=S)C3(C=O)CCC3)cc2)CC1. The number of benzene rings is 1. The molecule has 0 atom stereocenters. The number of likely N-dealkylation sites (N-methyl/N-ethyl adjacent to an activating group) is 1. The van der Waals surface area contributed by atoms with Crippen LogP contribution in [0.2, 0.25) is 0 Å². The van der Waals surface area contributed by atoms with Crippen LogP contribution in [0.15, 0.2) is 24.3 Å². The van der Waals surface area contributed by atoms with Gasteiger partial charge >= 0.3 is 0 Å². The second-order valence-electron chi connectivity index (χ2n) is 6.69. The maximum absolute atomic E-state index is 12.6. The van der Waals surface area contributed by atoms with E-state index in [0.717, 1.165) is 57.4 Å². The van der Waals surface area contributed by atoms with Gasteiger partial charge in [-0.15, -0.1) is 0 Å². The van der Waals surface area contributed by atoms with Crippen LogP contribution in [0.4, 0.5) is 5.69 Å². The van der Waals surface area contributed by atoms with Crippen LogP contribution in [0, 0.1) is 0 Å². The number of thiocarbonyl (C=S) groups is 1. The number of hydrogen-bond acceptors (Lipinski definition) is 4. The largest absolute Gasteiger partial charge is 0.336 e. The Morgan fingerprint density at radius 3 is 2.25 bits per heavy atom. The van der Waals surface area contributed by atoms with E-state index in [0.29, 0.717) is 5.56 Å². The van der Waals surface area contributed by atoms with Crippen LogP contribution < -0.4 is 4.90 Å². The fourth-order valence-corrected chi connectivity index (χ4v) is 3.67. The Labute approximate surface area is 148 Å². The van der Waals surface area contributed by atoms with Gasteiger partial charge in [-0.1, -0.05) is 12.2 Å². The first kappa shape index (κ1) is 17.0. The Hall–Kier alpha value is -1.79. The number of anilines is 1. The minimum Gasteiger partial charge on any atom is -0.336 e. The van der Waals surface area contributed by atoms with Crippen LogP contribution in [0.25, 0.3) is 0 Å². The van der Waals surface area contributed by atoms with Gasteiger partial charge in [0.2, 0.25) is 0 Å². The molecule has 1 aromatic rings. The molecule has 2 aliphatic rings. The van der Waals surface area contributed by atoms with Crippen LogP contribution in [0.5, 0.6) is 0 Å². The number of nitrogens with zero attached hydrogens (tertiary/aromatic N) is 3. The van der Waals surface area contributed by atoms with Gasteiger partial charge in [-0.25, -0.2) is 0 Å². The molecule has 0 unspecified atom stereocenters. The fraction of sp³-hybridized carbons (Fsp3) is 0.500. The zero-order chi connectivity index (χ0) is 17.2. The van der Waals surface area contributed by atoms with E-state index in [4.69, 9.17) is 12.2 Å². The molecule has 5 nitrogen and oxygen atoms in total. The van der Waals surface area contributed by atoms with E-state index < -0.39 is 5.54 Å². The minimum absolute atomic E-state index is 0.0669. The van der Waals surface area contributed by atoms with Crippen molar-refractivity contribution in [1.29, 1.82) is 0 Å². The monoisotopic (exact) mass is 345 g/mol. The molecule has 3 rings (SSSR count). The Bertz CT molecular complexity index is 620. The maximum Gasteiger partial charge on any atom is 0.253 e. The van der Waals surface area contributed by atoms with Crippen molar-refractivity contribution in [3.05, 3.63) is 29.8 Å². The van der Waals surface area contributed by atoms with Crippen molar-refractivity contribution in [2.45, 2.75) is 24.8 Å². The van der Waals surface area contributed by atoms with E-state index in [-0.39, 0.29) is 5.91 Å². The molecule has 24 heavy (non-hydrogen) atoms. The lowest BCUT2D eigenvalue weighted by Gasteiger charge is -2.45. The third kappa shape index (κ3) is 3.08. The molecule has 0 aromatic heterocycles. The van der Waals surface area contributed by atoms with Crippen molar-refractivity contribution in [1.82, 2.24) is 9.80 Å². The lowest BCUT2D eigenvalue weighted by molar-refractivity contribution is -0.114. The molecule has 128 valence electrons. The summed E-state index contributed by atoms with van der Waals surface area (Å²) >= 11 is 5.13. The van der Waals surface area contributed by atoms with Gasteiger partial charge in [-0.3, -0.25) is 4.79 Å². The molecule has 1 amide bonds. The molecule has 1 aliphatic carbocycles. The highest BCUT2D eigenvalue weighted by molar-refractivity contribution is 7.79. The molecular formula is C18H23N3O2S. The van der Waals surface area contributed by atoms with Gasteiger partial charge < -0.3 is 19.5 Å². The van der Waals surface area contributed by atoms with Crippen molar-refractivity contribution < 1.29 is 9.59 Å². The molecule has 6 heteroatoms. The molecule has 0 N–H and O–H groups in total. The lowest BCUT2D eigenvalue weighted by Crippen LogP contribution is -2.54. The second kappa shape index (κ2) is 6.99. The standard InChI is InChI=1S/C18H23N3O2S/c1-19-9-11-20(12-10-19)17(23)15-3-5-16(6-4-15)21(14-24)18(13-22)7-2-8-18/h3-6,13-14H,2,7-12H2,1H3. The van der Waals surface area contributed by atoms with Crippen LogP contribution in [0.1, 0.15) is 29.6 Å². The van der Waals surface area contributed by atoms with Crippen molar-refractivity contribution in [2.75, 3.05) is 38.1 Å². The summed E-state index contributed by atoms with van der Waals surface area (Å²) in [5, 5.41) is 0. The second-order valence-corrected chi connectivity index (χ2v) is 6.90. The van der Waals surface area contributed by atoms with Gasteiger partial charge in [0, 0.05) is 37.4 Å². The summed E-state index contributed by atoms with van der Waals surface area (Å²) in [4.78, 5) is 30.1. The number of rotatable bonds is 5. The molecule has 1 aliphatic heterocycles. The molecule has 0 spiro atoms. The Kier molecular flexibility index (Phi) is 4.96. The van der Waals surface area contributed by atoms with Crippen molar-refractivity contribution in [3.8, 4) is 0 Å². The Morgan fingerprint density at radius 1 is 1.17 bits per heavy atom.